The highest BCUT2D eigenvalue weighted by Gasteiger charge is 2.07. The average molecular weight is 277 g/mol. The van der Waals surface area contributed by atoms with E-state index in [2.05, 4.69) is 17.5 Å². The first-order chi connectivity index (χ1) is 9.15. The Bertz CT molecular complexity index is 507. The van der Waals surface area contributed by atoms with E-state index in [1.54, 1.807) is 17.4 Å². The van der Waals surface area contributed by atoms with Crippen LogP contribution in [-0.2, 0) is 12.8 Å². The molecule has 1 nitrogen and oxygen atoms in total. The summed E-state index contributed by atoms with van der Waals surface area (Å²) in [6.07, 6.45) is 3.92. The lowest BCUT2D eigenvalue weighted by Crippen LogP contribution is -2.23. The molecule has 0 saturated heterocycles. The fourth-order valence-electron chi connectivity index (χ4n) is 2.24. The Morgan fingerprint density at radius 3 is 2.89 bits per heavy atom. The normalized spacial score (nSPS) is 12.6. The van der Waals surface area contributed by atoms with Gasteiger partial charge in [-0.15, -0.1) is 11.3 Å². The molecule has 0 aliphatic heterocycles. The molecule has 102 valence electrons. The molecule has 0 bridgehead atoms. The zero-order valence-corrected chi connectivity index (χ0v) is 12.0. The van der Waals surface area contributed by atoms with Crippen LogP contribution in [-0.4, -0.2) is 6.04 Å². The van der Waals surface area contributed by atoms with Gasteiger partial charge in [0.1, 0.15) is 5.82 Å². The summed E-state index contributed by atoms with van der Waals surface area (Å²) in [5.74, 6) is -0.175. The minimum absolute atomic E-state index is 0.112. The lowest BCUT2D eigenvalue weighted by atomic mass is 9.98. The first-order valence-electron chi connectivity index (χ1n) is 6.68. The van der Waals surface area contributed by atoms with Crippen molar-refractivity contribution in [1.82, 2.24) is 0 Å². The van der Waals surface area contributed by atoms with Gasteiger partial charge in [-0.3, -0.25) is 0 Å². The number of benzene rings is 1. The maximum absolute atomic E-state index is 13.2. The van der Waals surface area contributed by atoms with E-state index < -0.39 is 0 Å². The second-order valence-corrected chi connectivity index (χ2v) is 6.04. The molecule has 0 aliphatic carbocycles. The van der Waals surface area contributed by atoms with Gasteiger partial charge in [0.15, 0.2) is 0 Å². The molecule has 0 saturated carbocycles. The Labute approximate surface area is 118 Å². The molecule has 2 rings (SSSR count). The molecule has 0 spiro atoms. The number of rotatable bonds is 6. The highest BCUT2D eigenvalue weighted by Crippen LogP contribution is 2.16. The maximum Gasteiger partial charge on any atom is 0.123 e. The molecular weight excluding hydrogens is 257 g/mol. The van der Waals surface area contributed by atoms with Crippen molar-refractivity contribution >= 4 is 11.3 Å². The van der Waals surface area contributed by atoms with E-state index in [4.69, 9.17) is 5.73 Å². The van der Waals surface area contributed by atoms with Crippen molar-refractivity contribution in [2.75, 3.05) is 0 Å². The molecule has 1 heterocycles. The summed E-state index contributed by atoms with van der Waals surface area (Å²) in [5.41, 5.74) is 8.30. The van der Waals surface area contributed by atoms with Crippen molar-refractivity contribution in [3.8, 4) is 0 Å². The van der Waals surface area contributed by atoms with Gasteiger partial charge in [-0.2, -0.15) is 0 Å². The monoisotopic (exact) mass is 277 g/mol. The Hall–Kier alpha value is -1.19. The van der Waals surface area contributed by atoms with Crippen molar-refractivity contribution in [3.63, 3.8) is 0 Å². The molecule has 2 N–H and O–H groups in total. The van der Waals surface area contributed by atoms with Crippen LogP contribution in [0.25, 0.3) is 0 Å². The van der Waals surface area contributed by atoms with Crippen molar-refractivity contribution in [3.05, 3.63) is 57.5 Å². The second-order valence-electron chi connectivity index (χ2n) is 5.01. The molecule has 1 aromatic heterocycles. The predicted molar refractivity (Wildman–Crippen MR) is 80.1 cm³/mol. The van der Waals surface area contributed by atoms with Crippen LogP contribution in [0.15, 0.2) is 35.7 Å². The quantitative estimate of drug-likeness (QED) is 0.845. The van der Waals surface area contributed by atoms with E-state index in [0.717, 1.165) is 36.8 Å². The van der Waals surface area contributed by atoms with Gasteiger partial charge in [-0.1, -0.05) is 12.1 Å². The zero-order chi connectivity index (χ0) is 13.7. The third-order valence-electron chi connectivity index (χ3n) is 3.37. The number of thiophene rings is 1. The molecule has 1 atom stereocenters. The molecule has 1 unspecified atom stereocenters. The third-order valence-corrected chi connectivity index (χ3v) is 4.31. The summed E-state index contributed by atoms with van der Waals surface area (Å²) in [5, 5.41) is 2.10. The maximum atomic E-state index is 13.2. The van der Waals surface area contributed by atoms with Crippen LogP contribution >= 0.6 is 11.3 Å². The minimum Gasteiger partial charge on any atom is -0.327 e. The summed E-state index contributed by atoms with van der Waals surface area (Å²) < 4.78 is 13.2. The number of halogens is 1. The van der Waals surface area contributed by atoms with E-state index >= 15 is 0 Å². The largest absolute Gasteiger partial charge is 0.327 e. The van der Waals surface area contributed by atoms with Gasteiger partial charge in [-0.25, -0.2) is 4.39 Å². The summed E-state index contributed by atoms with van der Waals surface area (Å²) >= 11 is 1.79. The van der Waals surface area contributed by atoms with Crippen LogP contribution in [0.3, 0.4) is 0 Å². The minimum atomic E-state index is -0.175. The predicted octanol–water partition coefficient (Wildman–Crippen LogP) is 4.09. The van der Waals surface area contributed by atoms with Crippen molar-refractivity contribution in [2.24, 2.45) is 5.73 Å². The van der Waals surface area contributed by atoms with Gasteiger partial charge >= 0.3 is 0 Å². The van der Waals surface area contributed by atoms with Crippen LogP contribution in [0.2, 0.25) is 0 Å². The molecule has 0 aliphatic rings. The topological polar surface area (TPSA) is 26.0 Å². The summed E-state index contributed by atoms with van der Waals surface area (Å²) in [4.78, 5) is 1.41. The van der Waals surface area contributed by atoms with E-state index in [0.29, 0.717) is 0 Å². The van der Waals surface area contributed by atoms with Gasteiger partial charge in [0.2, 0.25) is 0 Å². The lowest BCUT2D eigenvalue weighted by Gasteiger charge is -2.13. The van der Waals surface area contributed by atoms with Crippen LogP contribution < -0.4 is 5.73 Å². The highest BCUT2D eigenvalue weighted by molar-refractivity contribution is 7.09. The number of hydrogen-bond acceptors (Lipinski definition) is 2. The van der Waals surface area contributed by atoms with Crippen LogP contribution in [0, 0.1) is 12.7 Å². The molecule has 19 heavy (non-hydrogen) atoms. The molecule has 0 amide bonds. The Morgan fingerprint density at radius 2 is 2.16 bits per heavy atom. The molecule has 0 radical (unpaired) electrons. The van der Waals surface area contributed by atoms with Gasteiger partial charge in [0.05, 0.1) is 0 Å². The standard InChI is InChI=1S/C16H20FNS/c1-12-7-8-14(17)10-13(12)11-15(18)4-2-5-16-6-3-9-19-16/h3,6-10,15H,2,4-5,11,18H2,1H3. The Morgan fingerprint density at radius 1 is 1.32 bits per heavy atom. The Balaban J connectivity index is 1.80. The van der Waals surface area contributed by atoms with Crippen molar-refractivity contribution < 1.29 is 4.39 Å². The summed E-state index contributed by atoms with van der Waals surface area (Å²) in [6, 6.07) is 9.28. The smallest absolute Gasteiger partial charge is 0.123 e. The third kappa shape index (κ3) is 4.44. The molecule has 2 aromatic rings. The van der Waals surface area contributed by atoms with Gasteiger partial charge < -0.3 is 5.73 Å². The Kier molecular flexibility index (Phi) is 5.11. The van der Waals surface area contributed by atoms with E-state index in [1.807, 2.05) is 13.0 Å². The van der Waals surface area contributed by atoms with Crippen LogP contribution in [0.1, 0.15) is 28.8 Å². The van der Waals surface area contributed by atoms with Crippen LogP contribution in [0.5, 0.6) is 0 Å². The number of nitrogens with two attached hydrogens (primary N) is 1. The molecule has 0 fully saturated rings. The van der Waals surface area contributed by atoms with Gasteiger partial charge in [-0.05, 0) is 67.3 Å². The fourth-order valence-corrected chi connectivity index (χ4v) is 2.99. The average Bonchev–Trinajstić information content (AvgIpc) is 2.87. The summed E-state index contributed by atoms with van der Waals surface area (Å²) in [7, 11) is 0. The van der Waals surface area contributed by atoms with Gasteiger partial charge in [0, 0.05) is 10.9 Å². The SMILES string of the molecule is Cc1ccc(F)cc1CC(N)CCCc1cccs1. The van der Waals surface area contributed by atoms with E-state index in [1.165, 1.54) is 10.9 Å². The van der Waals surface area contributed by atoms with Crippen molar-refractivity contribution in [1.29, 1.82) is 0 Å². The number of hydrogen-bond donors (Lipinski definition) is 1. The second kappa shape index (κ2) is 6.83. The molecular formula is C16H20FNS. The van der Waals surface area contributed by atoms with E-state index in [-0.39, 0.29) is 11.9 Å². The lowest BCUT2D eigenvalue weighted by molar-refractivity contribution is 0.575. The highest BCUT2D eigenvalue weighted by atomic mass is 32.1. The van der Waals surface area contributed by atoms with Crippen molar-refractivity contribution in [2.45, 2.75) is 38.6 Å². The molecule has 1 aromatic carbocycles. The first-order valence-corrected chi connectivity index (χ1v) is 7.56. The zero-order valence-electron chi connectivity index (χ0n) is 11.2. The fraction of sp³-hybridized carbons (Fsp3) is 0.375. The summed E-state index contributed by atoms with van der Waals surface area (Å²) in [6.45, 7) is 2.01. The number of aryl methyl sites for hydroxylation is 2. The molecule has 3 heteroatoms. The van der Waals surface area contributed by atoms with E-state index in [9.17, 15) is 4.39 Å². The first kappa shape index (κ1) is 14.2. The van der Waals surface area contributed by atoms with Crippen LogP contribution in [0.4, 0.5) is 4.39 Å². The van der Waals surface area contributed by atoms with Gasteiger partial charge in [0.25, 0.3) is 0 Å².